The average Bonchev–Trinajstić information content (AvgIpc) is 1.88. The van der Waals surface area contributed by atoms with E-state index in [0.29, 0.717) is 0 Å². The maximum Gasteiger partial charge on any atom is 0.0803 e. The minimum absolute atomic E-state index is 0.0217. The van der Waals surface area contributed by atoms with Crippen LogP contribution in [0.1, 0.15) is 33.6 Å². The highest BCUT2D eigenvalue weighted by atomic mass is 16.5. The van der Waals surface area contributed by atoms with Crippen molar-refractivity contribution in [1.82, 2.24) is 0 Å². The summed E-state index contributed by atoms with van der Waals surface area (Å²) in [6, 6.07) is 0. The Kier molecular flexibility index (Phi) is 5.64. The molecule has 0 aliphatic rings. The lowest BCUT2D eigenvalue weighted by Gasteiger charge is -2.14. The topological polar surface area (TPSA) is 29.5 Å². The van der Waals surface area contributed by atoms with Gasteiger partial charge in [0.15, 0.2) is 0 Å². The van der Waals surface area contributed by atoms with Crippen LogP contribution in [0.4, 0.5) is 0 Å². The van der Waals surface area contributed by atoms with Gasteiger partial charge in [-0.3, -0.25) is 0 Å². The first-order chi connectivity index (χ1) is 4.68. The Morgan fingerprint density at radius 2 is 2.00 bits per heavy atom. The van der Waals surface area contributed by atoms with Gasteiger partial charge in [0.1, 0.15) is 0 Å². The summed E-state index contributed by atoms with van der Waals surface area (Å²) in [7, 11) is 0. The Morgan fingerprint density at radius 1 is 1.40 bits per heavy atom. The zero-order valence-corrected chi connectivity index (χ0v) is 7.13. The number of unbranched alkanes of at least 4 members (excludes halogenated alkanes) is 1. The molecule has 62 valence electrons. The molecule has 0 aliphatic heterocycles. The molecule has 0 aromatic carbocycles. The normalized spacial score (nSPS) is 16.8. The Hall–Kier alpha value is -0.0800. The second-order valence-corrected chi connectivity index (χ2v) is 2.67. The molecule has 1 N–H and O–H groups in total. The molecule has 0 saturated carbocycles. The number of hydrogen-bond acceptors (Lipinski definition) is 2. The number of aliphatic hydroxyl groups is 1. The van der Waals surface area contributed by atoms with Gasteiger partial charge in [-0.15, -0.1) is 0 Å². The lowest BCUT2D eigenvalue weighted by Crippen LogP contribution is -2.22. The molecule has 0 saturated heterocycles. The summed E-state index contributed by atoms with van der Waals surface area (Å²) in [6.07, 6.45) is 1.85. The molecule has 2 heteroatoms. The minimum atomic E-state index is -0.350. The Labute approximate surface area is 63.2 Å². The van der Waals surface area contributed by atoms with Crippen molar-refractivity contribution in [3.63, 3.8) is 0 Å². The van der Waals surface area contributed by atoms with Crippen molar-refractivity contribution in [2.24, 2.45) is 0 Å². The van der Waals surface area contributed by atoms with Crippen LogP contribution >= 0.6 is 0 Å². The van der Waals surface area contributed by atoms with E-state index >= 15 is 0 Å². The van der Waals surface area contributed by atoms with E-state index in [1.165, 1.54) is 0 Å². The Balaban J connectivity index is 3.13. The molecule has 0 rings (SSSR count). The van der Waals surface area contributed by atoms with E-state index in [-0.39, 0.29) is 12.2 Å². The molecule has 0 bridgehead atoms. The smallest absolute Gasteiger partial charge is 0.0803 e. The Morgan fingerprint density at radius 3 is 2.40 bits per heavy atom. The first-order valence-corrected chi connectivity index (χ1v) is 3.98. The fraction of sp³-hybridized carbons (Fsp3) is 1.00. The van der Waals surface area contributed by atoms with Gasteiger partial charge in [-0.1, -0.05) is 13.3 Å². The largest absolute Gasteiger partial charge is 0.391 e. The SMILES string of the molecule is CCCCO[C@@H](C)[C@@H](C)O. The summed E-state index contributed by atoms with van der Waals surface area (Å²) < 4.78 is 5.29. The molecule has 0 heterocycles. The van der Waals surface area contributed by atoms with Gasteiger partial charge >= 0.3 is 0 Å². The lowest BCUT2D eigenvalue weighted by atomic mass is 10.2. The van der Waals surface area contributed by atoms with Gasteiger partial charge in [-0.05, 0) is 20.3 Å². The van der Waals surface area contributed by atoms with E-state index in [4.69, 9.17) is 9.84 Å². The number of ether oxygens (including phenoxy) is 1. The van der Waals surface area contributed by atoms with Crippen LogP contribution in [-0.2, 0) is 4.74 Å². The molecule has 0 aromatic heterocycles. The third kappa shape index (κ3) is 4.77. The predicted molar refractivity (Wildman–Crippen MR) is 42.0 cm³/mol. The van der Waals surface area contributed by atoms with Crippen LogP contribution in [0.15, 0.2) is 0 Å². The van der Waals surface area contributed by atoms with E-state index in [1.807, 2.05) is 6.92 Å². The highest BCUT2D eigenvalue weighted by Crippen LogP contribution is 1.99. The fourth-order valence-corrected chi connectivity index (χ4v) is 0.553. The summed E-state index contributed by atoms with van der Waals surface area (Å²) in [4.78, 5) is 0. The fourth-order valence-electron chi connectivity index (χ4n) is 0.553. The number of rotatable bonds is 5. The van der Waals surface area contributed by atoms with Crippen LogP contribution in [0, 0.1) is 0 Å². The third-order valence-corrected chi connectivity index (χ3v) is 1.56. The van der Waals surface area contributed by atoms with Crippen molar-refractivity contribution >= 4 is 0 Å². The van der Waals surface area contributed by atoms with Crippen molar-refractivity contribution in [3.05, 3.63) is 0 Å². The van der Waals surface area contributed by atoms with Gasteiger partial charge in [0.2, 0.25) is 0 Å². The van der Waals surface area contributed by atoms with E-state index < -0.39 is 0 Å². The molecule has 2 atom stereocenters. The molecule has 0 aliphatic carbocycles. The molecule has 0 spiro atoms. The van der Waals surface area contributed by atoms with Crippen LogP contribution in [0.5, 0.6) is 0 Å². The van der Waals surface area contributed by atoms with Gasteiger partial charge in [0.25, 0.3) is 0 Å². The van der Waals surface area contributed by atoms with Crippen LogP contribution in [0.2, 0.25) is 0 Å². The molecule has 2 nitrogen and oxygen atoms in total. The van der Waals surface area contributed by atoms with E-state index in [9.17, 15) is 0 Å². The van der Waals surface area contributed by atoms with Gasteiger partial charge in [0.05, 0.1) is 12.2 Å². The zero-order chi connectivity index (χ0) is 7.98. The zero-order valence-electron chi connectivity index (χ0n) is 7.13. The van der Waals surface area contributed by atoms with Crippen LogP contribution < -0.4 is 0 Å². The van der Waals surface area contributed by atoms with E-state index in [1.54, 1.807) is 6.92 Å². The van der Waals surface area contributed by atoms with E-state index in [0.717, 1.165) is 19.4 Å². The molecule has 0 radical (unpaired) electrons. The van der Waals surface area contributed by atoms with Crippen LogP contribution in [0.3, 0.4) is 0 Å². The standard InChI is InChI=1S/C8H18O2/c1-4-5-6-10-8(3)7(2)9/h7-9H,4-6H2,1-3H3/t7-,8+/m1/s1. The van der Waals surface area contributed by atoms with Crippen molar-refractivity contribution < 1.29 is 9.84 Å². The van der Waals surface area contributed by atoms with Crippen LogP contribution in [0.25, 0.3) is 0 Å². The second kappa shape index (κ2) is 5.69. The molecule has 0 unspecified atom stereocenters. The minimum Gasteiger partial charge on any atom is -0.391 e. The lowest BCUT2D eigenvalue weighted by molar-refractivity contribution is -0.0190. The highest BCUT2D eigenvalue weighted by molar-refractivity contribution is 4.56. The molecular formula is C8H18O2. The summed E-state index contributed by atoms with van der Waals surface area (Å²) >= 11 is 0. The third-order valence-electron chi connectivity index (χ3n) is 1.56. The highest BCUT2D eigenvalue weighted by Gasteiger charge is 2.06. The molecular weight excluding hydrogens is 128 g/mol. The first kappa shape index (κ1) is 9.92. The summed E-state index contributed by atoms with van der Waals surface area (Å²) in [6.45, 7) is 6.52. The maximum absolute atomic E-state index is 9.00. The van der Waals surface area contributed by atoms with Crippen molar-refractivity contribution in [1.29, 1.82) is 0 Å². The van der Waals surface area contributed by atoms with Gasteiger partial charge < -0.3 is 9.84 Å². The maximum atomic E-state index is 9.00. The number of aliphatic hydroxyl groups excluding tert-OH is 1. The van der Waals surface area contributed by atoms with Gasteiger partial charge in [-0.2, -0.15) is 0 Å². The average molecular weight is 146 g/mol. The van der Waals surface area contributed by atoms with Gasteiger partial charge in [-0.25, -0.2) is 0 Å². The number of hydrogen-bond donors (Lipinski definition) is 1. The predicted octanol–water partition coefficient (Wildman–Crippen LogP) is 1.57. The monoisotopic (exact) mass is 146 g/mol. The van der Waals surface area contributed by atoms with Crippen molar-refractivity contribution in [2.45, 2.75) is 45.8 Å². The van der Waals surface area contributed by atoms with Crippen molar-refractivity contribution in [3.8, 4) is 0 Å². The Bertz CT molecular complexity index is 71.7. The molecule has 0 fully saturated rings. The van der Waals surface area contributed by atoms with Crippen LogP contribution in [-0.4, -0.2) is 23.9 Å². The quantitative estimate of drug-likeness (QED) is 0.597. The first-order valence-electron chi connectivity index (χ1n) is 3.98. The van der Waals surface area contributed by atoms with E-state index in [2.05, 4.69) is 6.92 Å². The second-order valence-electron chi connectivity index (χ2n) is 2.67. The molecule has 10 heavy (non-hydrogen) atoms. The molecule has 0 aromatic rings. The molecule has 0 amide bonds. The van der Waals surface area contributed by atoms with Crippen molar-refractivity contribution in [2.75, 3.05) is 6.61 Å². The summed E-state index contributed by atoms with van der Waals surface area (Å²) in [5.41, 5.74) is 0. The van der Waals surface area contributed by atoms with Gasteiger partial charge in [0, 0.05) is 6.61 Å². The summed E-state index contributed by atoms with van der Waals surface area (Å²) in [5.74, 6) is 0. The summed E-state index contributed by atoms with van der Waals surface area (Å²) in [5, 5.41) is 9.00.